The van der Waals surface area contributed by atoms with E-state index in [2.05, 4.69) is 18.3 Å². The Hall–Kier alpha value is -2.40. The lowest BCUT2D eigenvalue weighted by molar-refractivity contribution is 0.171. The Labute approximate surface area is 142 Å². The minimum atomic E-state index is 0.114. The fourth-order valence-electron chi connectivity index (χ4n) is 2.76. The molecule has 1 aliphatic rings. The van der Waals surface area contributed by atoms with Crippen LogP contribution in [0.4, 0.5) is 0 Å². The summed E-state index contributed by atoms with van der Waals surface area (Å²) in [5, 5.41) is 3.52. The Morgan fingerprint density at radius 2 is 1.79 bits per heavy atom. The van der Waals surface area contributed by atoms with Gasteiger partial charge in [-0.25, -0.2) is 0 Å². The van der Waals surface area contributed by atoms with Gasteiger partial charge < -0.3 is 24.3 Å². The first kappa shape index (κ1) is 16.5. The molecule has 0 saturated carbocycles. The van der Waals surface area contributed by atoms with Crippen LogP contribution in [0, 0.1) is 0 Å². The molecular weight excluding hydrogens is 306 g/mol. The van der Waals surface area contributed by atoms with Gasteiger partial charge in [0.25, 0.3) is 0 Å². The highest BCUT2D eigenvalue weighted by Crippen LogP contribution is 2.32. The highest BCUT2D eigenvalue weighted by molar-refractivity contribution is 5.44. The zero-order valence-corrected chi connectivity index (χ0v) is 14.3. The monoisotopic (exact) mass is 329 g/mol. The van der Waals surface area contributed by atoms with Crippen molar-refractivity contribution in [3.05, 3.63) is 47.5 Å². The van der Waals surface area contributed by atoms with E-state index < -0.39 is 0 Å². The van der Waals surface area contributed by atoms with Crippen molar-refractivity contribution in [1.82, 2.24) is 5.32 Å². The van der Waals surface area contributed by atoms with E-state index in [0.29, 0.717) is 13.2 Å². The molecule has 5 heteroatoms. The third-order valence-corrected chi connectivity index (χ3v) is 4.12. The van der Waals surface area contributed by atoms with Crippen molar-refractivity contribution in [3.8, 4) is 23.0 Å². The first-order chi connectivity index (χ1) is 11.7. The second-order valence-electron chi connectivity index (χ2n) is 5.69. The van der Waals surface area contributed by atoms with Gasteiger partial charge >= 0.3 is 0 Å². The standard InChI is InChI=1S/C19H23NO4/c1-13(16-11-15(21-2)5-7-17(16)22-3)20-12-14-4-6-18-19(10-14)24-9-8-23-18/h4-7,10-11,13,20H,8-9,12H2,1-3H3. The van der Waals surface area contributed by atoms with Gasteiger partial charge in [-0.2, -0.15) is 0 Å². The van der Waals surface area contributed by atoms with Crippen molar-refractivity contribution in [2.24, 2.45) is 0 Å². The Balaban J connectivity index is 1.70. The molecule has 1 atom stereocenters. The molecule has 0 saturated heterocycles. The Morgan fingerprint density at radius 3 is 2.54 bits per heavy atom. The summed E-state index contributed by atoms with van der Waals surface area (Å²) < 4.78 is 22.0. The normalized spacial score (nSPS) is 14.1. The number of hydrogen-bond acceptors (Lipinski definition) is 5. The zero-order chi connectivity index (χ0) is 16.9. The summed E-state index contributed by atoms with van der Waals surface area (Å²) >= 11 is 0. The Bertz CT molecular complexity index is 702. The van der Waals surface area contributed by atoms with Gasteiger partial charge in [-0.15, -0.1) is 0 Å². The fraction of sp³-hybridized carbons (Fsp3) is 0.368. The van der Waals surface area contributed by atoms with Crippen LogP contribution in [0.25, 0.3) is 0 Å². The molecular formula is C19H23NO4. The maximum absolute atomic E-state index is 5.63. The van der Waals surface area contributed by atoms with Crippen LogP contribution in [0.3, 0.4) is 0 Å². The van der Waals surface area contributed by atoms with E-state index in [-0.39, 0.29) is 6.04 Å². The van der Waals surface area contributed by atoms with Crippen LogP contribution in [-0.2, 0) is 6.54 Å². The predicted molar refractivity (Wildman–Crippen MR) is 92.2 cm³/mol. The molecule has 24 heavy (non-hydrogen) atoms. The quantitative estimate of drug-likeness (QED) is 0.881. The van der Waals surface area contributed by atoms with Crippen molar-refractivity contribution >= 4 is 0 Å². The van der Waals surface area contributed by atoms with E-state index >= 15 is 0 Å². The van der Waals surface area contributed by atoms with Crippen LogP contribution in [0.1, 0.15) is 24.1 Å². The number of benzene rings is 2. The molecule has 2 aromatic carbocycles. The Morgan fingerprint density at radius 1 is 1.00 bits per heavy atom. The summed E-state index contributed by atoms with van der Waals surface area (Å²) in [6.07, 6.45) is 0. The summed E-state index contributed by atoms with van der Waals surface area (Å²) in [6.45, 7) is 4.03. The number of hydrogen-bond donors (Lipinski definition) is 1. The largest absolute Gasteiger partial charge is 0.497 e. The fourth-order valence-corrected chi connectivity index (χ4v) is 2.76. The number of ether oxygens (including phenoxy) is 4. The van der Waals surface area contributed by atoms with Crippen molar-refractivity contribution in [3.63, 3.8) is 0 Å². The van der Waals surface area contributed by atoms with E-state index in [1.165, 1.54) is 0 Å². The van der Waals surface area contributed by atoms with E-state index in [1.54, 1.807) is 14.2 Å². The summed E-state index contributed by atoms with van der Waals surface area (Å²) in [5.41, 5.74) is 2.21. The number of fused-ring (bicyclic) bond motifs is 1. The van der Waals surface area contributed by atoms with Gasteiger partial charge in [-0.3, -0.25) is 0 Å². The maximum Gasteiger partial charge on any atom is 0.161 e. The molecule has 128 valence electrons. The van der Waals surface area contributed by atoms with Crippen LogP contribution < -0.4 is 24.3 Å². The average Bonchev–Trinajstić information content (AvgIpc) is 2.65. The van der Waals surface area contributed by atoms with Crippen LogP contribution in [0.5, 0.6) is 23.0 Å². The zero-order valence-electron chi connectivity index (χ0n) is 14.3. The molecule has 0 aliphatic carbocycles. The summed E-state index contributed by atoms with van der Waals surface area (Å²) in [5.74, 6) is 3.29. The van der Waals surface area contributed by atoms with Gasteiger partial charge in [0.2, 0.25) is 0 Å². The van der Waals surface area contributed by atoms with Crippen LogP contribution in [0.15, 0.2) is 36.4 Å². The molecule has 1 unspecified atom stereocenters. The maximum atomic E-state index is 5.63. The number of nitrogens with one attached hydrogen (secondary N) is 1. The minimum absolute atomic E-state index is 0.114. The molecule has 2 aromatic rings. The Kier molecular flexibility index (Phi) is 5.11. The summed E-state index contributed by atoms with van der Waals surface area (Å²) in [6, 6.07) is 12.0. The van der Waals surface area contributed by atoms with Crippen LogP contribution in [-0.4, -0.2) is 27.4 Å². The summed E-state index contributed by atoms with van der Waals surface area (Å²) in [7, 11) is 3.34. The average molecular weight is 329 g/mol. The SMILES string of the molecule is COc1ccc(OC)c(C(C)NCc2ccc3c(c2)OCCO3)c1. The number of methoxy groups -OCH3 is 2. The van der Waals surface area contributed by atoms with E-state index in [9.17, 15) is 0 Å². The molecule has 3 rings (SSSR count). The lowest BCUT2D eigenvalue weighted by Gasteiger charge is -2.20. The number of rotatable bonds is 6. The molecule has 0 spiro atoms. The van der Waals surface area contributed by atoms with Gasteiger partial charge in [-0.1, -0.05) is 6.07 Å². The molecule has 1 heterocycles. The smallest absolute Gasteiger partial charge is 0.161 e. The molecule has 1 N–H and O–H groups in total. The summed E-state index contributed by atoms with van der Waals surface area (Å²) in [4.78, 5) is 0. The molecule has 0 amide bonds. The lowest BCUT2D eigenvalue weighted by Crippen LogP contribution is -2.19. The topological polar surface area (TPSA) is 49.0 Å². The molecule has 0 fully saturated rings. The third-order valence-electron chi connectivity index (χ3n) is 4.12. The minimum Gasteiger partial charge on any atom is -0.497 e. The molecule has 5 nitrogen and oxygen atoms in total. The van der Waals surface area contributed by atoms with Gasteiger partial charge in [0, 0.05) is 18.2 Å². The predicted octanol–water partition coefficient (Wildman–Crippen LogP) is 3.33. The second kappa shape index (κ2) is 7.45. The van der Waals surface area contributed by atoms with Crippen molar-refractivity contribution in [1.29, 1.82) is 0 Å². The molecule has 0 bridgehead atoms. The van der Waals surface area contributed by atoms with E-state index in [0.717, 1.165) is 40.7 Å². The van der Waals surface area contributed by atoms with Crippen LogP contribution >= 0.6 is 0 Å². The van der Waals surface area contributed by atoms with Gasteiger partial charge in [-0.05, 0) is 42.8 Å². The second-order valence-corrected chi connectivity index (χ2v) is 5.69. The van der Waals surface area contributed by atoms with Gasteiger partial charge in [0.15, 0.2) is 11.5 Å². The lowest BCUT2D eigenvalue weighted by atomic mass is 10.1. The first-order valence-corrected chi connectivity index (χ1v) is 8.05. The molecule has 1 aliphatic heterocycles. The third kappa shape index (κ3) is 3.57. The van der Waals surface area contributed by atoms with E-state index in [1.807, 2.05) is 30.3 Å². The first-order valence-electron chi connectivity index (χ1n) is 8.05. The highest BCUT2D eigenvalue weighted by Gasteiger charge is 2.14. The highest BCUT2D eigenvalue weighted by atomic mass is 16.6. The van der Waals surface area contributed by atoms with Crippen molar-refractivity contribution in [2.75, 3.05) is 27.4 Å². The van der Waals surface area contributed by atoms with Crippen molar-refractivity contribution in [2.45, 2.75) is 19.5 Å². The van der Waals surface area contributed by atoms with E-state index in [4.69, 9.17) is 18.9 Å². The molecule has 0 aromatic heterocycles. The van der Waals surface area contributed by atoms with Gasteiger partial charge in [0.05, 0.1) is 14.2 Å². The van der Waals surface area contributed by atoms with Crippen LogP contribution in [0.2, 0.25) is 0 Å². The van der Waals surface area contributed by atoms with Crippen molar-refractivity contribution < 1.29 is 18.9 Å². The van der Waals surface area contributed by atoms with Gasteiger partial charge in [0.1, 0.15) is 24.7 Å². The molecule has 0 radical (unpaired) electrons.